The Hall–Kier alpha value is -3.11. The van der Waals surface area contributed by atoms with Gasteiger partial charge in [-0.2, -0.15) is 0 Å². The predicted molar refractivity (Wildman–Crippen MR) is 130 cm³/mol. The minimum Gasteiger partial charge on any atom is -0.368 e. The van der Waals surface area contributed by atoms with Crippen LogP contribution >= 0.6 is 0 Å². The minimum absolute atomic E-state index is 0.0224. The van der Waals surface area contributed by atoms with Gasteiger partial charge in [-0.15, -0.1) is 6.58 Å². The van der Waals surface area contributed by atoms with Crippen molar-refractivity contribution in [3.8, 4) is 11.1 Å². The summed E-state index contributed by atoms with van der Waals surface area (Å²) in [7, 11) is 0. The maximum absolute atomic E-state index is 14.8. The second-order valence-corrected chi connectivity index (χ2v) is 9.16. The van der Waals surface area contributed by atoms with Gasteiger partial charge in [-0.25, -0.2) is 13.2 Å². The monoisotopic (exact) mass is 460 g/mol. The van der Waals surface area contributed by atoms with Crippen LogP contribution in [0.2, 0.25) is 0 Å². The Labute approximate surface area is 198 Å². The summed E-state index contributed by atoms with van der Waals surface area (Å²) in [6.07, 6.45) is 7.38. The highest BCUT2D eigenvalue weighted by atomic mass is 19.2. The smallest absolute Gasteiger partial charge is 0.166 e. The Kier molecular flexibility index (Phi) is 6.42. The average Bonchev–Trinajstić information content (AvgIpc) is 3.71. The van der Waals surface area contributed by atoms with Crippen molar-refractivity contribution in [3.05, 3.63) is 113 Å². The molecule has 4 heteroatoms. The van der Waals surface area contributed by atoms with Gasteiger partial charge in [0.2, 0.25) is 0 Å². The lowest BCUT2D eigenvalue weighted by atomic mass is 9.86. The summed E-state index contributed by atoms with van der Waals surface area (Å²) in [5.41, 5.74) is 4.78. The number of ether oxygens (including phenoxy) is 1. The van der Waals surface area contributed by atoms with Crippen molar-refractivity contribution in [2.75, 3.05) is 6.61 Å². The van der Waals surface area contributed by atoms with E-state index in [4.69, 9.17) is 4.74 Å². The number of aryl methyl sites for hydroxylation is 2. The molecular formula is C30H27F3O. The molecule has 0 N–H and O–H groups in total. The highest BCUT2D eigenvalue weighted by Gasteiger charge is 2.25. The van der Waals surface area contributed by atoms with Crippen molar-refractivity contribution < 1.29 is 17.9 Å². The zero-order chi connectivity index (χ0) is 23.7. The highest BCUT2D eigenvalue weighted by Crippen LogP contribution is 2.34. The third-order valence-electron chi connectivity index (χ3n) is 6.94. The summed E-state index contributed by atoms with van der Waals surface area (Å²) in [5, 5.41) is 0. The average molecular weight is 461 g/mol. The van der Waals surface area contributed by atoms with E-state index in [1.165, 1.54) is 6.07 Å². The SMILES string of the molecule is C=CC1CC=C(c2ccc(CCc3ccc(-c4ccc(C5CO5)cc4F)cc3)c(F)c2F)CC1. The van der Waals surface area contributed by atoms with Crippen LogP contribution in [-0.2, 0) is 17.6 Å². The van der Waals surface area contributed by atoms with Crippen LogP contribution in [0.4, 0.5) is 13.2 Å². The zero-order valence-electron chi connectivity index (χ0n) is 19.0. The molecular weight excluding hydrogens is 433 g/mol. The van der Waals surface area contributed by atoms with E-state index < -0.39 is 11.6 Å². The molecule has 0 aromatic heterocycles. The van der Waals surface area contributed by atoms with Crippen molar-refractivity contribution in [1.82, 2.24) is 0 Å². The van der Waals surface area contributed by atoms with E-state index in [1.54, 1.807) is 18.2 Å². The molecule has 2 unspecified atom stereocenters. The third-order valence-corrected chi connectivity index (χ3v) is 6.94. The molecule has 0 spiro atoms. The van der Waals surface area contributed by atoms with Crippen LogP contribution in [0.25, 0.3) is 16.7 Å². The summed E-state index contributed by atoms with van der Waals surface area (Å²) in [6, 6.07) is 16.2. The molecule has 0 bridgehead atoms. The van der Waals surface area contributed by atoms with E-state index in [2.05, 4.69) is 6.58 Å². The van der Waals surface area contributed by atoms with E-state index in [0.29, 0.717) is 42.1 Å². The van der Waals surface area contributed by atoms with Gasteiger partial charge in [-0.05, 0) is 71.9 Å². The number of halogens is 3. The van der Waals surface area contributed by atoms with E-state index in [-0.39, 0.29) is 11.9 Å². The molecule has 3 aromatic carbocycles. The molecule has 0 amide bonds. The van der Waals surface area contributed by atoms with Gasteiger partial charge in [0.25, 0.3) is 0 Å². The molecule has 1 saturated heterocycles. The molecule has 2 aliphatic rings. The Morgan fingerprint density at radius 2 is 1.68 bits per heavy atom. The van der Waals surface area contributed by atoms with Crippen LogP contribution in [-0.4, -0.2) is 6.61 Å². The fourth-order valence-electron chi connectivity index (χ4n) is 4.68. The van der Waals surface area contributed by atoms with Crippen LogP contribution in [0, 0.1) is 23.4 Å². The molecule has 5 rings (SSSR count). The molecule has 174 valence electrons. The Balaban J connectivity index is 1.26. The first-order chi connectivity index (χ1) is 16.5. The molecule has 1 nitrogen and oxygen atoms in total. The fraction of sp³-hybridized carbons (Fsp3) is 0.267. The molecule has 0 saturated carbocycles. The Bertz CT molecular complexity index is 1240. The van der Waals surface area contributed by atoms with Gasteiger partial charge in [0.15, 0.2) is 11.6 Å². The molecule has 0 radical (unpaired) electrons. The van der Waals surface area contributed by atoms with Gasteiger partial charge in [0, 0.05) is 11.1 Å². The second-order valence-electron chi connectivity index (χ2n) is 9.16. The van der Waals surface area contributed by atoms with Crippen molar-refractivity contribution in [2.45, 2.75) is 38.2 Å². The van der Waals surface area contributed by atoms with Crippen LogP contribution in [0.15, 0.2) is 73.3 Å². The fourth-order valence-corrected chi connectivity index (χ4v) is 4.68. The van der Waals surface area contributed by atoms with E-state index in [0.717, 1.165) is 41.5 Å². The van der Waals surface area contributed by atoms with Gasteiger partial charge in [0.1, 0.15) is 11.9 Å². The first-order valence-electron chi connectivity index (χ1n) is 11.8. The minimum atomic E-state index is -0.761. The molecule has 1 aliphatic carbocycles. The predicted octanol–water partition coefficient (Wildman–Crippen LogP) is 8.00. The molecule has 2 atom stereocenters. The largest absolute Gasteiger partial charge is 0.368 e. The molecule has 1 aliphatic heterocycles. The lowest BCUT2D eigenvalue weighted by Gasteiger charge is -2.20. The summed E-state index contributed by atoms with van der Waals surface area (Å²) in [4.78, 5) is 0. The molecule has 1 fully saturated rings. The van der Waals surface area contributed by atoms with Crippen LogP contribution in [0.3, 0.4) is 0 Å². The summed E-state index contributed by atoms with van der Waals surface area (Å²) < 4.78 is 49.4. The van der Waals surface area contributed by atoms with Gasteiger partial charge in [0.05, 0.1) is 6.61 Å². The summed E-state index contributed by atoms with van der Waals surface area (Å²) in [6.45, 7) is 4.47. The van der Waals surface area contributed by atoms with Gasteiger partial charge in [-0.1, -0.05) is 60.7 Å². The van der Waals surface area contributed by atoms with E-state index >= 15 is 0 Å². The Morgan fingerprint density at radius 1 is 0.912 bits per heavy atom. The van der Waals surface area contributed by atoms with Crippen molar-refractivity contribution >= 4 is 5.57 Å². The summed E-state index contributed by atoms with van der Waals surface area (Å²) in [5.74, 6) is -1.38. The van der Waals surface area contributed by atoms with Gasteiger partial charge < -0.3 is 4.74 Å². The van der Waals surface area contributed by atoms with Crippen molar-refractivity contribution in [3.63, 3.8) is 0 Å². The van der Waals surface area contributed by atoms with Gasteiger partial charge >= 0.3 is 0 Å². The normalized spacial score (nSPS) is 19.6. The highest BCUT2D eigenvalue weighted by molar-refractivity contribution is 5.67. The van der Waals surface area contributed by atoms with Crippen LogP contribution in [0.1, 0.15) is 47.6 Å². The number of rotatable bonds is 7. The molecule has 3 aromatic rings. The Morgan fingerprint density at radius 3 is 2.32 bits per heavy atom. The standard InChI is InChI=1S/C30H27F3O/c1-2-19-3-8-22(9-4-19)26-16-13-23(29(32)30(26)33)12-7-20-5-10-21(11-6-20)25-15-14-24(17-27(25)31)28-18-34-28/h2,5-6,8,10-11,13-17,19,28H,1,3-4,7,9,12,18H2. The number of allylic oxidation sites excluding steroid dienone is 3. The van der Waals surface area contributed by atoms with E-state index in [9.17, 15) is 13.2 Å². The quantitative estimate of drug-likeness (QED) is 0.257. The lowest BCUT2D eigenvalue weighted by molar-refractivity contribution is 0.415. The number of hydrogen-bond donors (Lipinski definition) is 0. The number of epoxide rings is 1. The lowest BCUT2D eigenvalue weighted by Crippen LogP contribution is -2.06. The topological polar surface area (TPSA) is 12.5 Å². The molecule has 34 heavy (non-hydrogen) atoms. The van der Waals surface area contributed by atoms with Crippen molar-refractivity contribution in [2.24, 2.45) is 5.92 Å². The first-order valence-corrected chi connectivity index (χ1v) is 11.8. The number of benzene rings is 3. The third kappa shape index (κ3) is 4.74. The maximum Gasteiger partial charge on any atom is 0.166 e. The number of hydrogen-bond acceptors (Lipinski definition) is 1. The van der Waals surface area contributed by atoms with Crippen LogP contribution in [0.5, 0.6) is 0 Å². The first kappa shape index (κ1) is 22.7. The second kappa shape index (κ2) is 9.63. The molecule has 1 heterocycles. The van der Waals surface area contributed by atoms with Crippen LogP contribution < -0.4 is 0 Å². The van der Waals surface area contributed by atoms with Crippen molar-refractivity contribution in [1.29, 1.82) is 0 Å². The van der Waals surface area contributed by atoms with Gasteiger partial charge in [-0.3, -0.25) is 0 Å². The summed E-state index contributed by atoms with van der Waals surface area (Å²) >= 11 is 0. The maximum atomic E-state index is 14.8. The zero-order valence-corrected chi connectivity index (χ0v) is 19.0. The van der Waals surface area contributed by atoms with E-state index in [1.807, 2.05) is 42.5 Å².